The molecule has 0 spiro atoms. The number of hydrogen-bond donors (Lipinski definition) is 1. The summed E-state index contributed by atoms with van der Waals surface area (Å²) < 4.78 is 5.48. The van der Waals surface area contributed by atoms with Gasteiger partial charge in [0, 0.05) is 12.0 Å². The molecule has 1 N–H and O–H groups in total. The molecule has 6 heteroatoms. The van der Waals surface area contributed by atoms with E-state index in [9.17, 15) is 4.79 Å². The van der Waals surface area contributed by atoms with Crippen molar-refractivity contribution in [1.29, 1.82) is 0 Å². The highest BCUT2D eigenvalue weighted by molar-refractivity contribution is 5.88. The normalized spacial score (nSPS) is 11.0. The summed E-state index contributed by atoms with van der Waals surface area (Å²) in [6, 6.07) is 9.64. The summed E-state index contributed by atoms with van der Waals surface area (Å²) in [4.78, 5) is 14.4. The van der Waals surface area contributed by atoms with E-state index in [2.05, 4.69) is 34.3 Å². The third kappa shape index (κ3) is 5.77. The van der Waals surface area contributed by atoms with Crippen LogP contribution in [0.4, 0.5) is 6.01 Å². The van der Waals surface area contributed by atoms with Crippen molar-refractivity contribution in [2.75, 3.05) is 25.0 Å². The highest BCUT2D eigenvalue weighted by Crippen LogP contribution is 2.19. The zero-order valence-electron chi connectivity index (χ0n) is 14.5. The van der Waals surface area contributed by atoms with Crippen LogP contribution >= 0.6 is 0 Å². The second kappa shape index (κ2) is 9.82. The van der Waals surface area contributed by atoms with Crippen molar-refractivity contribution in [2.24, 2.45) is 0 Å². The lowest BCUT2D eigenvalue weighted by Gasteiger charge is -2.20. The average molecular weight is 330 g/mol. The Bertz CT molecular complexity index is 606. The van der Waals surface area contributed by atoms with Crippen LogP contribution in [0.2, 0.25) is 0 Å². The number of hydrogen-bond acceptors (Lipinski definition) is 5. The van der Waals surface area contributed by atoms with E-state index in [1.165, 1.54) is 0 Å². The Hall–Kier alpha value is -2.21. The first kappa shape index (κ1) is 18.1. The fraction of sp³-hybridized carbons (Fsp3) is 0.500. The molecule has 130 valence electrons. The lowest BCUT2D eigenvalue weighted by atomic mass is 10.2. The van der Waals surface area contributed by atoms with Crippen molar-refractivity contribution in [1.82, 2.24) is 15.1 Å². The van der Waals surface area contributed by atoms with E-state index in [0.29, 0.717) is 12.3 Å². The van der Waals surface area contributed by atoms with E-state index in [1.54, 1.807) is 0 Å². The van der Waals surface area contributed by atoms with Crippen LogP contribution in [-0.2, 0) is 4.79 Å². The molecular weight excluding hydrogens is 304 g/mol. The molecule has 0 bridgehead atoms. The van der Waals surface area contributed by atoms with Crippen molar-refractivity contribution in [3.8, 4) is 11.5 Å². The summed E-state index contributed by atoms with van der Waals surface area (Å²) >= 11 is 0. The lowest BCUT2D eigenvalue weighted by molar-refractivity contribution is -0.116. The molecule has 24 heavy (non-hydrogen) atoms. The summed E-state index contributed by atoms with van der Waals surface area (Å²) in [7, 11) is 0. The van der Waals surface area contributed by atoms with Crippen LogP contribution in [0.1, 0.15) is 39.5 Å². The highest BCUT2D eigenvalue weighted by Gasteiger charge is 2.11. The van der Waals surface area contributed by atoms with E-state index in [4.69, 9.17) is 4.42 Å². The monoisotopic (exact) mass is 330 g/mol. The Morgan fingerprint density at radius 3 is 2.46 bits per heavy atom. The molecule has 0 unspecified atom stereocenters. The highest BCUT2D eigenvalue weighted by atomic mass is 16.4. The number of nitrogens with zero attached hydrogens (tertiary/aromatic N) is 3. The summed E-state index contributed by atoms with van der Waals surface area (Å²) in [6.45, 7) is 7.46. The first-order valence-corrected chi connectivity index (χ1v) is 8.64. The first-order chi connectivity index (χ1) is 11.7. The van der Waals surface area contributed by atoms with Crippen LogP contribution in [0.15, 0.2) is 34.7 Å². The minimum Gasteiger partial charge on any atom is -0.403 e. The Balaban J connectivity index is 1.77. The molecule has 0 atom stereocenters. The van der Waals surface area contributed by atoms with Crippen LogP contribution in [0, 0.1) is 0 Å². The van der Waals surface area contributed by atoms with Crippen molar-refractivity contribution in [3.05, 3.63) is 30.3 Å². The average Bonchev–Trinajstić information content (AvgIpc) is 3.04. The second-order valence-corrected chi connectivity index (χ2v) is 5.77. The van der Waals surface area contributed by atoms with Crippen molar-refractivity contribution < 1.29 is 9.21 Å². The van der Waals surface area contributed by atoms with E-state index >= 15 is 0 Å². The van der Waals surface area contributed by atoms with E-state index in [-0.39, 0.29) is 11.9 Å². The van der Waals surface area contributed by atoms with E-state index < -0.39 is 0 Å². The van der Waals surface area contributed by atoms with Crippen LogP contribution in [0.25, 0.3) is 11.5 Å². The van der Waals surface area contributed by atoms with Crippen LogP contribution in [0.3, 0.4) is 0 Å². The van der Waals surface area contributed by atoms with Gasteiger partial charge in [-0.3, -0.25) is 10.1 Å². The van der Waals surface area contributed by atoms with Gasteiger partial charge >= 0.3 is 6.01 Å². The predicted molar refractivity (Wildman–Crippen MR) is 94.6 cm³/mol. The molecule has 2 aromatic rings. The summed E-state index contributed by atoms with van der Waals surface area (Å²) in [5, 5.41) is 10.5. The maximum Gasteiger partial charge on any atom is 0.322 e. The SMILES string of the molecule is CCCN(CCC)CCCC(=O)Nc1nnc(-c2ccccc2)o1. The van der Waals surface area contributed by atoms with Gasteiger partial charge in [-0.15, -0.1) is 5.10 Å². The van der Waals surface area contributed by atoms with Crippen LogP contribution in [-0.4, -0.2) is 40.6 Å². The third-order valence-electron chi connectivity index (χ3n) is 3.65. The van der Waals surface area contributed by atoms with Gasteiger partial charge in [-0.05, 0) is 51.0 Å². The maximum atomic E-state index is 12.0. The van der Waals surface area contributed by atoms with Gasteiger partial charge in [0.2, 0.25) is 11.8 Å². The molecular formula is C18H26N4O2. The zero-order chi connectivity index (χ0) is 17.2. The van der Waals surface area contributed by atoms with Crippen LogP contribution in [0.5, 0.6) is 0 Å². The molecule has 0 aliphatic rings. The van der Waals surface area contributed by atoms with Gasteiger partial charge in [0.25, 0.3) is 0 Å². The minimum atomic E-state index is -0.0915. The van der Waals surface area contributed by atoms with Gasteiger partial charge < -0.3 is 9.32 Å². The predicted octanol–water partition coefficient (Wildman–Crippen LogP) is 3.58. The van der Waals surface area contributed by atoms with Gasteiger partial charge in [0.15, 0.2) is 0 Å². The topological polar surface area (TPSA) is 71.3 Å². The summed E-state index contributed by atoms with van der Waals surface area (Å²) in [6.07, 6.45) is 3.55. The minimum absolute atomic E-state index is 0.0915. The van der Waals surface area contributed by atoms with Gasteiger partial charge in [-0.1, -0.05) is 37.1 Å². The molecule has 6 nitrogen and oxygen atoms in total. The molecule has 1 aromatic carbocycles. The number of benzene rings is 1. The smallest absolute Gasteiger partial charge is 0.322 e. The van der Waals surface area contributed by atoms with Crippen LogP contribution < -0.4 is 5.32 Å². The Morgan fingerprint density at radius 1 is 1.08 bits per heavy atom. The van der Waals surface area contributed by atoms with Gasteiger partial charge in [0.1, 0.15) is 0 Å². The Labute approximate surface area is 143 Å². The molecule has 1 aromatic heterocycles. The lowest BCUT2D eigenvalue weighted by Crippen LogP contribution is -2.27. The number of nitrogens with one attached hydrogen (secondary N) is 1. The number of anilines is 1. The molecule has 0 saturated heterocycles. The Morgan fingerprint density at radius 2 is 1.79 bits per heavy atom. The van der Waals surface area contributed by atoms with Crippen molar-refractivity contribution in [3.63, 3.8) is 0 Å². The summed E-state index contributed by atoms with van der Waals surface area (Å²) in [5.41, 5.74) is 0.834. The molecule has 0 aliphatic carbocycles. The number of rotatable bonds is 10. The maximum absolute atomic E-state index is 12.0. The molecule has 0 saturated carbocycles. The zero-order valence-corrected chi connectivity index (χ0v) is 14.5. The fourth-order valence-electron chi connectivity index (χ4n) is 2.58. The third-order valence-corrected chi connectivity index (χ3v) is 3.65. The van der Waals surface area contributed by atoms with Gasteiger partial charge in [0.05, 0.1) is 0 Å². The standard InChI is InChI=1S/C18H26N4O2/c1-3-12-22(13-4-2)14-8-11-16(23)19-18-21-20-17(24-18)15-9-6-5-7-10-15/h5-7,9-10H,3-4,8,11-14H2,1-2H3,(H,19,21,23). The van der Waals surface area contributed by atoms with E-state index in [0.717, 1.165) is 44.5 Å². The van der Waals surface area contributed by atoms with E-state index in [1.807, 2.05) is 30.3 Å². The molecule has 2 rings (SSSR count). The molecule has 0 radical (unpaired) electrons. The molecule has 1 heterocycles. The molecule has 1 amide bonds. The van der Waals surface area contributed by atoms with Gasteiger partial charge in [-0.25, -0.2) is 0 Å². The first-order valence-electron chi connectivity index (χ1n) is 8.64. The van der Waals surface area contributed by atoms with Gasteiger partial charge in [-0.2, -0.15) is 0 Å². The molecule has 0 aliphatic heterocycles. The Kier molecular flexibility index (Phi) is 7.42. The largest absolute Gasteiger partial charge is 0.403 e. The van der Waals surface area contributed by atoms with Crippen molar-refractivity contribution in [2.45, 2.75) is 39.5 Å². The summed E-state index contributed by atoms with van der Waals surface area (Å²) in [5.74, 6) is 0.314. The quantitative estimate of drug-likeness (QED) is 0.721. The molecule has 0 fully saturated rings. The number of carbonyl (C=O) groups excluding carboxylic acids is 1. The number of aromatic nitrogens is 2. The fourth-order valence-corrected chi connectivity index (χ4v) is 2.58. The second-order valence-electron chi connectivity index (χ2n) is 5.77. The number of carbonyl (C=O) groups is 1. The number of amides is 1. The van der Waals surface area contributed by atoms with Crippen molar-refractivity contribution >= 4 is 11.9 Å².